The van der Waals surface area contributed by atoms with Crippen molar-refractivity contribution in [3.8, 4) is 0 Å². The molecule has 0 unspecified atom stereocenters. The molecule has 0 amide bonds. The first-order chi connectivity index (χ1) is 21.4. The summed E-state index contributed by atoms with van der Waals surface area (Å²) < 4.78 is 5.89. The Labute approximate surface area is 280 Å². The maximum Gasteiger partial charge on any atom is 0.220 e. The molecule has 1 heterocycles. The molecule has 256 valence electrons. The number of hydrogen-bond donors (Lipinski definition) is 0. The van der Waals surface area contributed by atoms with Crippen LogP contribution < -0.4 is 0 Å². The standard InChI is InChI=1S/C42H66N2O2/c1-25-13-16-39(8)31(36(25,3)4)15-17-41(10)32(39)12-11-29-34-28(38(7)19-20-38)14-18-42(34,22-21-40(29,41)9)33(45)24-27-23-30(37(27,5)6)35-44-43-26(2)46-35/h25,27-32,34H,11-24H2,1-10H3/t25-,27-,28+,29+,30+,31-,32+,34+,39-,40+,41+,42+/m0/s1. The predicted molar refractivity (Wildman–Crippen MR) is 184 cm³/mol. The van der Waals surface area contributed by atoms with Gasteiger partial charge in [0.15, 0.2) is 0 Å². The molecule has 0 aliphatic heterocycles. The van der Waals surface area contributed by atoms with Crippen LogP contribution in [0.4, 0.5) is 0 Å². The quantitative estimate of drug-likeness (QED) is 0.325. The molecule has 7 aliphatic rings. The van der Waals surface area contributed by atoms with Gasteiger partial charge in [-0.25, -0.2) is 0 Å². The first-order valence-electron chi connectivity index (χ1n) is 19.8. The number of hydrogen-bond acceptors (Lipinski definition) is 4. The first-order valence-corrected chi connectivity index (χ1v) is 19.8. The van der Waals surface area contributed by atoms with Gasteiger partial charge in [-0.2, -0.15) is 0 Å². The monoisotopic (exact) mass is 631 g/mol. The van der Waals surface area contributed by atoms with E-state index < -0.39 is 0 Å². The molecule has 7 aliphatic carbocycles. The van der Waals surface area contributed by atoms with Gasteiger partial charge in [0.05, 0.1) is 0 Å². The van der Waals surface area contributed by atoms with Gasteiger partial charge in [-0.05, 0) is 157 Å². The highest BCUT2D eigenvalue weighted by Crippen LogP contribution is 2.79. The molecule has 1 aromatic rings. The van der Waals surface area contributed by atoms with E-state index in [4.69, 9.17) is 4.42 Å². The van der Waals surface area contributed by atoms with Crippen LogP contribution in [0.25, 0.3) is 0 Å². The van der Waals surface area contributed by atoms with Crippen molar-refractivity contribution in [2.75, 3.05) is 0 Å². The lowest BCUT2D eigenvalue weighted by molar-refractivity contribution is -0.243. The molecule has 0 N–H and O–H groups in total. The maximum atomic E-state index is 15.1. The van der Waals surface area contributed by atoms with Crippen molar-refractivity contribution in [2.24, 2.45) is 79.3 Å². The minimum Gasteiger partial charge on any atom is -0.425 e. The van der Waals surface area contributed by atoms with Gasteiger partial charge in [0.2, 0.25) is 11.8 Å². The van der Waals surface area contributed by atoms with E-state index in [2.05, 4.69) is 72.5 Å². The van der Waals surface area contributed by atoms with Crippen molar-refractivity contribution >= 4 is 5.78 Å². The fraction of sp³-hybridized carbons (Fsp3) is 0.929. The van der Waals surface area contributed by atoms with Gasteiger partial charge in [0, 0.05) is 24.7 Å². The van der Waals surface area contributed by atoms with Crippen LogP contribution in [0.5, 0.6) is 0 Å². The Bertz CT molecular complexity index is 1400. The number of aryl methyl sites for hydroxylation is 1. The van der Waals surface area contributed by atoms with Gasteiger partial charge < -0.3 is 4.42 Å². The summed E-state index contributed by atoms with van der Waals surface area (Å²) >= 11 is 0. The summed E-state index contributed by atoms with van der Waals surface area (Å²) in [5.74, 6) is 7.31. The van der Waals surface area contributed by atoms with Crippen LogP contribution in [0.3, 0.4) is 0 Å². The van der Waals surface area contributed by atoms with E-state index in [9.17, 15) is 0 Å². The summed E-state index contributed by atoms with van der Waals surface area (Å²) in [6, 6.07) is 0. The zero-order valence-corrected chi connectivity index (χ0v) is 31.2. The van der Waals surface area contributed by atoms with Gasteiger partial charge >= 0.3 is 0 Å². The smallest absolute Gasteiger partial charge is 0.220 e. The van der Waals surface area contributed by atoms with Crippen LogP contribution in [0, 0.1) is 86.3 Å². The molecule has 0 saturated heterocycles. The first kappa shape index (κ1) is 32.0. The van der Waals surface area contributed by atoms with Gasteiger partial charge in [-0.1, -0.05) is 62.3 Å². The van der Waals surface area contributed by atoms with E-state index in [1.807, 2.05) is 6.92 Å². The Hall–Kier alpha value is -1.19. The summed E-state index contributed by atoms with van der Waals surface area (Å²) in [5, 5.41) is 8.52. The third-order valence-electron chi connectivity index (χ3n) is 19.2. The molecule has 7 saturated carbocycles. The molecule has 46 heavy (non-hydrogen) atoms. The van der Waals surface area contributed by atoms with Crippen molar-refractivity contribution in [3.05, 3.63) is 11.8 Å². The van der Waals surface area contributed by atoms with Crippen molar-refractivity contribution in [2.45, 2.75) is 165 Å². The van der Waals surface area contributed by atoms with Gasteiger partial charge in [-0.3, -0.25) is 4.79 Å². The van der Waals surface area contributed by atoms with Gasteiger partial charge in [0.25, 0.3) is 0 Å². The number of fused-ring (bicyclic) bond motifs is 7. The van der Waals surface area contributed by atoms with Gasteiger partial charge in [-0.15, -0.1) is 10.2 Å². The number of carbonyl (C=O) groups excluding carboxylic acids is 1. The average molecular weight is 631 g/mol. The topological polar surface area (TPSA) is 56.0 Å². The van der Waals surface area contributed by atoms with Crippen LogP contribution in [0.15, 0.2) is 4.42 Å². The highest BCUT2D eigenvalue weighted by molar-refractivity contribution is 5.86. The minimum absolute atomic E-state index is 0.0231. The van der Waals surface area contributed by atoms with E-state index in [0.717, 1.165) is 55.2 Å². The molecule has 0 bridgehead atoms. The fourth-order valence-electron chi connectivity index (χ4n) is 15.3. The van der Waals surface area contributed by atoms with E-state index in [1.54, 1.807) is 0 Å². The SMILES string of the molecule is Cc1nnc([C@H]2C[C@@H](CC(=O)[C@]34CC[C@@H](C5(C)CC5)[C@@H]3[C@H]3CC[C@@H]5[C@@]6(C)CC[C@H](C)C(C)(C)[C@@H]6CC[C@@]5(C)[C@]3(C)CC4)C2(C)C)o1. The number of carbonyl (C=O) groups is 1. The molecule has 12 atom stereocenters. The molecule has 0 aromatic carbocycles. The highest BCUT2D eigenvalue weighted by atomic mass is 16.4. The molecule has 4 heteroatoms. The zero-order chi connectivity index (χ0) is 32.9. The normalized spacial score (nSPS) is 51.2. The number of Topliss-reactive ketones (excluding diaryl/α,β-unsaturated/α-hetero) is 1. The third-order valence-corrected chi connectivity index (χ3v) is 19.2. The van der Waals surface area contributed by atoms with Crippen molar-refractivity contribution in [1.82, 2.24) is 10.2 Å². The van der Waals surface area contributed by atoms with Crippen molar-refractivity contribution in [1.29, 1.82) is 0 Å². The van der Waals surface area contributed by atoms with E-state index in [1.165, 1.54) is 64.2 Å². The Morgan fingerprint density at radius 2 is 1.48 bits per heavy atom. The lowest BCUT2D eigenvalue weighted by Crippen LogP contribution is -2.66. The summed E-state index contributed by atoms with van der Waals surface area (Å²) in [7, 11) is 0. The van der Waals surface area contributed by atoms with Gasteiger partial charge in [0.1, 0.15) is 5.78 Å². The molecule has 1 aromatic heterocycles. The maximum absolute atomic E-state index is 15.1. The van der Waals surface area contributed by atoms with Crippen molar-refractivity contribution in [3.63, 3.8) is 0 Å². The van der Waals surface area contributed by atoms with Crippen LogP contribution in [-0.4, -0.2) is 16.0 Å². The minimum atomic E-state index is -0.0880. The zero-order valence-electron chi connectivity index (χ0n) is 31.2. The van der Waals surface area contributed by atoms with E-state index in [-0.39, 0.29) is 16.7 Å². The van der Waals surface area contributed by atoms with E-state index in [0.29, 0.717) is 56.5 Å². The van der Waals surface area contributed by atoms with Crippen LogP contribution in [-0.2, 0) is 4.79 Å². The number of aromatic nitrogens is 2. The summed E-state index contributed by atoms with van der Waals surface area (Å²) in [6.07, 6.45) is 17.8. The highest BCUT2D eigenvalue weighted by Gasteiger charge is 2.73. The molecule has 0 radical (unpaired) electrons. The lowest BCUT2D eigenvalue weighted by atomic mass is 9.31. The number of rotatable bonds is 5. The van der Waals surface area contributed by atoms with Crippen LogP contribution in [0.1, 0.15) is 170 Å². The Morgan fingerprint density at radius 1 is 0.739 bits per heavy atom. The second-order valence-electron chi connectivity index (χ2n) is 21.0. The predicted octanol–water partition coefficient (Wildman–Crippen LogP) is 11.0. The summed E-state index contributed by atoms with van der Waals surface area (Å²) in [5.41, 5.74) is 2.04. The van der Waals surface area contributed by atoms with Crippen molar-refractivity contribution < 1.29 is 9.21 Å². The summed E-state index contributed by atoms with van der Waals surface area (Å²) in [6.45, 7) is 25.3. The third kappa shape index (κ3) is 3.94. The lowest BCUT2D eigenvalue weighted by Gasteiger charge is -2.73. The molecular formula is C42H66N2O2. The molecule has 7 fully saturated rings. The largest absolute Gasteiger partial charge is 0.425 e. The van der Waals surface area contributed by atoms with Crippen LogP contribution in [0.2, 0.25) is 0 Å². The Balaban J connectivity index is 1.10. The fourth-order valence-corrected chi connectivity index (χ4v) is 15.3. The second kappa shape index (κ2) is 9.74. The summed E-state index contributed by atoms with van der Waals surface area (Å²) in [4.78, 5) is 15.1. The second-order valence-corrected chi connectivity index (χ2v) is 21.0. The molecule has 8 rings (SSSR count). The van der Waals surface area contributed by atoms with Crippen LogP contribution >= 0.6 is 0 Å². The average Bonchev–Trinajstić information content (AvgIpc) is 3.39. The molecule has 0 spiro atoms. The molecular weight excluding hydrogens is 564 g/mol. The number of nitrogens with zero attached hydrogens (tertiary/aromatic N) is 2. The Morgan fingerprint density at radius 3 is 2.13 bits per heavy atom. The Kier molecular flexibility index (Phi) is 6.78. The van der Waals surface area contributed by atoms with E-state index >= 15 is 4.79 Å². The number of ketones is 1. The molecule has 4 nitrogen and oxygen atoms in total.